The van der Waals surface area contributed by atoms with Gasteiger partial charge < -0.3 is 9.84 Å². The normalized spacial score (nSPS) is 11.5. The molecule has 0 aliphatic carbocycles. The summed E-state index contributed by atoms with van der Waals surface area (Å²) in [7, 11) is -3.65. The van der Waals surface area contributed by atoms with Crippen molar-refractivity contribution in [3.05, 3.63) is 64.3 Å². The summed E-state index contributed by atoms with van der Waals surface area (Å²) in [6.45, 7) is 9.38. The monoisotopic (exact) mass is 426 g/mol. The van der Waals surface area contributed by atoms with E-state index in [0.717, 1.165) is 22.4 Å². The number of hydrogen-bond donors (Lipinski definition) is 1. The van der Waals surface area contributed by atoms with E-state index in [-0.39, 0.29) is 23.0 Å². The Morgan fingerprint density at radius 2 is 1.63 bits per heavy atom. The molecule has 0 radical (unpaired) electrons. The van der Waals surface area contributed by atoms with Crippen LogP contribution >= 0.6 is 0 Å². The molecule has 6 nitrogen and oxygen atoms in total. The summed E-state index contributed by atoms with van der Waals surface area (Å²) < 4.78 is 31.1. The molecular weight excluding hydrogens is 400 g/mol. The van der Waals surface area contributed by atoms with Gasteiger partial charge in [-0.05, 0) is 57.4 Å². The highest BCUT2D eigenvalue weighted by molar-refractivity contribution is 7.91. The van der Waals surface area contributed by atoms with Gasteiger partial charge in [0.05, 0.1) is 16.3 Å². The van der Waals surface area contributed by atoms with E-state index < -0.39 is 9.84 Å². The largest absolute Gasteiger partial charge is 0.356 e. The average molecular weight is 427 g/mol. The van der Waals surface area contributed by atoms with Crippen LogP contribution in [0.5, 0.6) is 0 Å². The number of aromatic nitrogens is 1. The summed E-state index contributed by atoms with van der Waals surface area (Å²) >= 11 is 0. The molecule has 1 amide bonds. The van der Waals surface area contributed by atoms with E-state index in [1.54, 1.807) is 38.1 Å². The number of amides is 1. The minimum absolute atomic E-state index is 0.125. The van der Waals surface area contributed by atoms with Crippen molar-refractivity contribution >= 4 is 21.4 Å². The first kappa shape index (κ1) is 21.8. The molecule has 0 fully saturated rings. The standard InChI is InChI=1S/C23H26N2O4S/c1-14-10-16(3)23(17(4)11-14)24-22(26)8-9-30(27,28)21-13-19(7-6-15(21)2)20-12-18(5)25-29-20/h6-7,10-13H,8-9H2,1-5H3,(H,24,26). The summed E-state index contributed by atoms with van der Waals surface area (Å²) in [6.07, 6.45) is -0.125. The van der Waals surface area contributed by atoms with Crippen molar-refractivity contribution in [1.82, 2.24) is 5.16 Å². The Bertz CT molecular complexity index is 1190. The van der Waals surface area contributed by atoms with Gasteiger partial charge in [0.1, 0.15) is 0 Å². The minimum atomic E-state index is -3.65. The summed E-state index contributed by atoms with van der Waals surface area (Å²) in [5, 5.41) is 6.71. The third kappa shape index (κ3) is 4.79. The summed E-state index contributed by atoms with van der Waals surface area (Å²) in [4.78, 5) is 12.7. The van der Waals surface area contributed by atoms with Gasteiger partial charge in [-0.25, -0.2) is 8.42 Å². The smallest absolute Gasteiger partial charge is 0.225 e. The first-order valence-electron chi connectivity index (χ1n) is 9.71. The molecule has 1 heterocycles. The van der Waals surface area contributed by atoms with E-state index in [4.69, 9.17) is 4.52 Å². The Morgan fingerprint density at radius 1 is 0.967 bits per heavy atom. The van der Waals surface area contributed by atoms with Crippen LogP contribution in [-0.2, 0) is 14.6 Å². The lowest BCUT2D eigenvalue weighted by Gasteiger charge is -2.13. The first-order chi connectivity index (χ1) is 14.1. The van der Waals surface area contributed by atoms with Crippen LogP contribution in [0.4, 0.5) is 5.69 Å². The number of benzene rings is 2. The third-order valence-corrected chi connectivity index (χ3v) is 6.83. The Balaban J connectivity index is 1.76. The molecule has 0 unspecified atom stereocenters. The van der Waals surface area contributed by atoms with Gasteiger partial charge in [-0.2, -0.15) is 0 Å². The van der Waals surface area contributed by atoms with Gasteiger partial charge in [-0.3, -0.25) is 4.79 Å². The van der Waals surface area contributed by atoms with Crippen molar-refractivity contribution in [2.75, 3.05) is 11.1 Å². The molecule has 2 aromatic carbocycles. The maximum Gasteiger partial charge on any atom is 0.225 e. The molecule has 0 saturated carbocycles. The topological polar surface area (TPSA) is 89.3 Å². The van der Waals surface area contributed by atoms with Crippen LogP contribution in [0, 0.1) is 34.6 Å². The maximum atomic E-state index is 13.0. The third-order valence-electron chi connectivity index (χ3n) is 4.97. The predicted octanol–water partition coefficient (Wildman–Crippen LogP) is 4.69. The van der Waals surface area contributed by atoms with E-state index >= 15 is 0 Å². The lowest BCUT2D eigenvalue weighted by molar-refractivity contribution is -0.115. The molecular formula is C23H26N2O4S. The Kier molecular flexibility index (Phi) is 6.12. The molecule has 7 heteroatoms. The average Bonchev–Trinajstić information content (AvgIpc) is 3.09. The molecule has 3 rings (SSSR count). The molecule has 158 valence electrons. The Morgan fingerprint density at radius 3 is 2.23 bits per heavy atom. The van der Waals surface area contributed by atoms with Crippen LogP contribution in [0.1, 0.15) is 34.4 Å². The van der Waals surface area contributed by atoms with Crippen LogP contribution in [0.25, 0.3) is 11.3 Å². The molecule has 1 aromatic heterocycles. The Hall–Kier alpha value is -2.93. The van der Waals surface area contributed by atoms with Crippen LogP contribution in [0.15, 0.2) is 45.8 Å². The SMILES string of the molecule is Cc1cc(C)c(NC(=O)CCS(=O)(=O)c2cc(-c3cc(C)no3)ccc2C)c(C)c1. The number of nitrogens with zero attached hydrogens (tertiary/aromatic N) is 1. The summed E-state index contributed by atoms with van der Waals surface area (Å²) in [6, 6.07) is 10.8. The molecule has 30 heavy (non-hydrogen) atoms. The molecule has 0 bridgehead atoms. The quantitative estimate of drug-likeness (QED) is 0.618. The fourth-order valence-electron chi connectivity index (χ4n) is 3.50. The number of nitrogens with one attached hydrogen (secondary N) is 1. The van der Waals surface area contributed by atoms with Gasteiger partial charge in [0.15, 0.2) is 15.6 Å². The molecule has 3 aromatic rings. The molecule has 0 aliphatic heterocycles. The van der Waals surface area contributed by atoms with Gasteiger partial charge in [0, 0.05) is 23.7 Å². The molecule has 0 spiro atoms. The van der Waals surface area contributed by atoms with E-state index in [9.17, 15) is 13.2 Å². The zero-order valence-corrected chi connectivity index (χ0v) is 18.7. The van der Waals surface area contributed by atoms with Crippen molar-refractivity contribution in [3.8, 4) is 11.3 Å². The van der Waals surface area contributed by atoms with Crippen molar-refractivity contribution in [2.24, 2.45) is 0 Å². The number of hydrogen-bond acceptors (Lipinski definition) is 5. The number of carbonyl (C=O) groups is 1. The number of rotatable bonds is 6. The second kappa shape index (κ2) is 8.44. The van der Waals surface area contributed by atoms with Crippen molar-refractivity contribution in [3.63, 3.8) is 0 Å². The van der Waals surface area contributed by atoms with Crippen LogP contribution in [-0.4, -0.2) is 25.2 Å². The van der Waals surface area contributed by atoms with Gasteiger partial charge in [-0.1, -0.05) is 35.0 Å². The summed E-state index contributed by atoms with van der Waals surface area (Å²) in [5.41, 5.74) is 5.73. The second-order valence-electron chi connectivity index (χ2n) is 7.70. The lowest BCUT2D eigenvalue weighted by Crippen LogP contribution is -2.19. The van der Waals surface area contributed by atoms with Crippen LogP contribution in [0.2, 0.25) is 0 Å². The van der Waals surface area contributed by atoms with Crippen LogP contribution < -0.4 is 5.32 Å². The highest BCUT2D eigenvalue weighted by atomic mass is 32.2. The minimum Gasteiger partial charge on any atom is -0.356 e. The molecule has 0 saturated heterocycles. The fourth-order valence-corrected chi connectivity index (χ4v) is 5.04. The molecule has 0 aliphatic rings. The number of aryl methyl sites for hydroxylation is 5. The van der Waals surface area contributed by atoms with Crippen molar-refractivity contribution in [1.29, 1.82) is 0 Å². The fraction of sp³-hybridized carbons (Fsp3) is 0.304. The number of sulfone groups is 1. The van der Waals surface area contributed by atoms with Crippen LogP contribution in [0.3, 0.4) is 0 Å². The van der Waals surface area contributed by atoms with Gasteiger partial charge in [0.2, 0.25) is 5.91 Å². The van der Waals surface area contributed by atoms with Gasteiger partial charge in [-0.15, -0.1) is 0 Å². The molecule has 1 N–H and O–H groups in total. The van der Waals surface area contributed by atoms with E-state index in [1.807, 2.05) is 32.9 Å². The maximum absolute atomic E-state index is 13.0. The van der Waals surface area contributed by atoms with E-state index in [2.05, 4.69) is 10.5 Å². The zero-order chi connectivity index (χ0) is 22.1. The van der Waals surface area contributed by atoms with Gasteiger partial charge in [0.25, 0.3) is 0 Å². The van der Waals surface area contributed by atoms with Crippen molar-refractivity contribution < 1.29 is 17.7 Å². The van der Waals surface area contributed by atoms with Gasteiger partial charge >= 0.3 is 0 Å². The number of anilines is 1. The van der Waals surface area contributed by atoms with E-state index in [0.29, 0.717) is 22.6 Å². The highest BCUT2D eigenvalue weighted by Crippen LogP contribution is 2.27. The number of carbonyl (C=O) groups excluding carboxylic acids is 1. The Labute approximate surface area is 177 Å². The first-order valence-corrected chi connectivity index (χ1v) is 11.4. The highest BCUT2D eigenvalue weighted by Gasteiger charge is 2.21. The molecule has 0 atom stereocenters. The lowest BCUT2D eigenvalue weighted by atomic mass is 10.1. The summed E-state index contributed by atoms with van der Waals surface area (Å²) in [5.74, 6) is -0.0944. The van der Waals surface area contributed by atoms with E-state index in [1.165, 1.54) is 0 Å². The van der Waals surface area contributed by atoms with Crippen molar-refractivity contribution in [2.45, 2.75) is 45.9 Å². The zero-order valence-electron chi connectivity index (χ0n) is 17.9. The predicted molar refractivity (Wildman–Crippen MR) is 117 cm³/mol. The second-order valence-corrected chi connectivity index (χ2v) is 9.78.